The Kier molecular flexibility index (Phi) is 8.57. The van der Waals surface area contributed by atoms with Crippen molar-refractivity contribution in [2.24, 2.45) is 11.7 Å². The fourth-order valence-electron chi connectivity index (χ4n) is 0.941. The van der Waals surface area contributed by atoms with E-state index >= 15 is 0 Å². The van der Waals surface area contributed by atoms with Gasteiger partial charge in [0, 0.05) is 32.7 Å². The van der Waals surface area contributed by atoms with E-state index in [0.29, 0.717) is 32.0 Å². The summed E-state index contributed by atoms with van der Waals surface area (Å²) in [4.78, 5) is 11.0. The van der Waals surface area contributed by atoms with Crippen LogP contribution in [0.15, 0.2) is 0 Å². The summed E-state index contributed by atoms with van der Waals surface area (Å²) in [6.07, 6.45) is 1.27. The molecule has 0 aromatic carbocycles. The SMILES string of the molecule is CC(C)COCCCNC(=O)CCN. The average Bonchev–Trinajstić information content (AvgIpc) is 2.11. The molecule has 0 heterocycles. The minimum atomic E-state index is 0.0244. The summed E-state index contributed by atoms with van der Waals surface area (Å²) in [5, 5.41) is 2.77. The topological polar surface area (TPSA) is 64.3 Å². The number of nitrogens with two attached hydrogens (primary N) is 1. The number of rotatable bonds is 8. The number of ether oxygens (including phenoxy) is 1. The van der Waals surface area contributed by atoms with Crippen LogP contribution in [0.1, 0.15) is 26.7 Å². The maximum Gasteiger partial charge on any atom is 0.221 e. The molecule has 0 aliphatic heterocycles. The van der Waals surface area contributed by atoms with Crippen LogP contribution in [0.4, 0.5) is 0 Å². The van der Waals surface area contributed by atoms with Gasteiger partial charge in [0.2, 0.25) is 5.91 Å². The lowest BCUT2D eigenvalue weighted by Gasteiger charge is -2.07. The lowest BCUT2D eigenvalue weighted by atomic mass is 10.2. The summed E-state index contributed by atoms with van der Waals surface area (Å²) in [6, 6.07) is 0. The van der Waals surface area contributed by atoms with E-state index in [2.05, 4.69) is 19.2 Å². The lowest BCUT2D eigenvalue weighted by Crippen LogP contribution is -2.27. The third-order valence-electron chi connectivity index (χ3n) is 1.61. The maximum atomic E-state index is 11.0. The van der Waals surface area contributed by atoms with Crippen LogP contribution in [-0.2, 0) is 9.53 Å². The van der Waals surface area contributed by atoms with Crippen molar-refractivity contribution in [3.8, 4) is 0 Å². The molecule has 0 aromatic rings. The molecule has 0 fully saturated rings. The largest absolute Gasteiger partial charge is 0.381 e. The average molecular weight is 202 g/mol. The molecule has 4 heteroatoms. The first kappa shape index (κ1) is 13.4. The summed E-state index contributed by atoms with van der Waals surface area (Å²) in [5.41, 5.74) is 5.23. The molecule has 0 atom stereocenters. The number of amides is 1. The van der Waals surface area contributed by atoms with E-state index in [4.69, 9.17) is 10.5 Å². The van der Waals surface area contributed by atoms with Gasteiger partial charge in [-0.15, -0.1) is 0 Å². The van der Waals surface area contributed by atoms with E-state index in [9.17, 15) is 4.79 Å². The molecular formula is C10H22N2O2. The number of carbonyl (C=O) groups excluding carboxylic acids is 1. The van der Waals surface area contributed by atoms with Crippen LogP contribution in [0.2, 0.25) is 0 Å². The van der Waals surface area contributed by atoms with Crippen LogP contribution in [-0.4, -0.2) is 32.2 Å². The molecule has 0 radical (unpaired) electrons. The molecule has 0 saturated carbocycles. The molecule has 84 valence electrons. The highest BCUT2D eigenvalue weighted by Crippen LogP contribution is 1.92. The molecule has 0 aromatic heterocycles. The number of nitrogens with one attached hydrogen (secondary N) is 1. The number of hydrogen-bond acceptors (Lipinski definition) is 3. The van der Waals surface area contributed by atoms with E-state index in [1.165, 1.54) is 0 Å². The van der Waals surface area contributed by atoms with E-state index in [1.807, 2.05) is 0 Å². The first-order valence-electron chi connectivity index (χ1n) is 5.21. The standard InChI is InChI=1S/C10H22N2O2/c1-9(2)8-14-7-3-6-12-10(13)4-5-11/h9H,3-8,11H2,1-2H3,(H,12,13). The molecule has 0 aliphatic rings. The lowest BCUT2D eigenvalue weighted by molar-refractivity contribution is -0.120. The molecule has 3 N–H and O–H groups in total. The van der Waals surface area contributed by atoms with Gasteiger partial charge in [0.15, 0.2) is 0 Å². The van der Waals surface area contributed by atoms with Gasteiger partial charge in [-0.25, -0.2) is 0 Å². The van der Waals surface area contributed by atoms with Gasteiger partial charge in [-0.05, 0) is 12.3 Å². The van der Waals surface area contributed by atoms with Crippen LogP contribution < -0.4 is 11.1 Å². The summed E-state index contributed by atoms with van der Waals surface area (Å²) < 4.78 is 5.36. The molecule has 4 nitrogen and oxygen atoms in total. The van der Waals surface area contributed by atoms with Crippen molar-refractivity contribution in [3.63, 3.8) is 0 Å². The van der Waals surface area contributed by atoms with Crippen molar-refractivity contribution in [2.75, 3.05) is 26.3 Å². The summed E-state index contributed by atoms with van der Waals surface area (Å²) in [5.74, 6) is 0.596. The zero-order chi connectivity index (χ0) is 10.8. The maximum absolute atomic E-state index is 11.0. The van der Waals surface area contributed by atoms with Gasteiger partial charge < -0.3 is 15.8 Å². The summed E-state index contributed by atoms with van der Waals surface area (Å²) in [7, 11) is 0. The third-order valence-corrected chi connectivity index (χ3v) is 1.61. The Labute approximate surface area is 86.2 Å². The Bertz CT molecular complexity index is 149. The molecule has 0 saturated heterocycles. The monoisotopic (exact) mass is 202 g/mol. The van der Waals surface area contributed by atoms with Gasteiger partial charge in [0.1, 0.15) is 0 Å². The van der Waals surface area contributed by atoms with Crippen molar-refractivity contribution in [2.45, 2.75) is 26.7 Å². The van der Waals surface area contributed by atoms with Gasteiger partial charge >= 0.3 is 0 Å². The minimum Gasteiger partial charge on any atom is -0.381 e. The van der Waals surface area contributed by atoms with Gasteiger partial charge in [-0.3, -0.25) is 4.79 Å². The van der Waals surface area contributed by atoms with E-state index in [0.717, 1.165) is 13.0 Å². The van der Waals surface area contributed by atoms with E-state index in [1.54, 1.807) is 0 Å². The highest BCUT2D eigenvalue weighted by molar-refractivity contribution is 5.75. The highest BCUT2D eigenvalue weighted by Gasteiger charge is 1.98. The van der Waals surface area contributed by atoms with Crippen LogP contribution >= 0.6 is 0 Å². The van der Waals surface area contributed by atoms with Crippen molar-refractivity contribution in [1.82, 2.24) is 5.32 Å². The van der Waals surface area contributed by atoms with Crippen LogP contribution in [0.25, 0.3) is 0 Å². The van der Waals surface area contributed by atoms with Crippen LogP contribution in [0.5, 0.6) is 0 Å². The third kappa shape index (κ3) is 9.48. The smallest absolute Gasteiger partial charge is 0.221 e. The Balaban J connectivity index is 3.09. The Morgan fingerprint density at radius 3 is 2.79 bits per heavy atom. The van der Waals surface area contributed by atoms with Crippen LogP contribution in [0.3, 0.4) is 0 Å². The zero-order valence-electron chi connectivity index (χ0n) is 9.21. The van der Waals surface area contributed by atoms with Gasteiger partial charge in [-0.2, -0.15) is 0 Å². The predicted molar refractivity (Wildman–Crippen MR) is 57.0 cm³/mol. The quantitative estimate of drug-likeness (QED) is 0.564. The highest BCUT2D eigenvalue weighted by atomic mass is 16.5. The Morgan fingerprint density at radius 2 is 2.21 bits per heavy atom. The van der Waals surface area contributed by atoms with Crippen molar-refractivity contribution in [3.05, 3.63) is 0 Å². The molecule has 0 aliphatic carbocycles. The number of carbonyl (C=O) groups is 1. The molecule has 1 amide bonds. The van der Waals surface area contributed by atoms with Gasteiger partial charge in [0.05, 0.1) is 0 Å². The first-order valence-corrected chi connectivity index (χ1v) is 5.21. The van der Waals surface area contributed by atoms with E-state index in [-0.39, 0.29) is 5.91 Å². The predicted octanol–water partition coefficient (Wildman–Crippen LogP) is 0.514. The second kappa shape index (κ2) is 8.97. The Hall–Kier alpha value is -0.610. The van der Waals surface area contributed by atoms with E-state index < -0.39 is 0 Å². The molecule has 0 unspecified atom stereocenters. The number of hydrogen-bond donors (Lipinski definition) is 2. The summed E-state index contributed by atoms with van der Waals surface area (Å²) in [6.45, 7) is 6.82. The second-order valence-electron chi connectivity index (χ2n) is 3.71. The first-order chi connectivity index (χ1) is 6.66. The van der Waals surface area contributed by atoms with Crippen LogP contribution in [0, 0.1) is 5.92 Å². The minimum absolute atomic E-state index is 0.0244. The van der Waals surface area contributed by atoms with Gasteiger partial charge in [0.25, 0.3) is 0 Å². The van der Waals surface area contributed by atoms with Gasteiger partial charge in [-0.1, -0.05) is 13.8 Å². The molecular weight excluding hydrogens is 180 g/mol. The van der Waals surface area contributed by atoms with Crippen molar-refractivity contribution >= 4 is 5.91 Å². The fourth-order valence-corrected chi connectivity index (χ4v) is 0.941. The van der Waals surface area contributed by atoms with Crippen molar-refractivity contribution < 1.29 is 9.53 Å². The molecule has 0 bridgehead atoms. The zero-order valence-corrected chi connectivity index (χ0v) is 9.21. The van der Waals surface area contributed by atoms with Crippen molar-refractivity contribution in [1.29, 1.82) is 0 Å². The second-order valence-corrected chi connectivity index (χ2v) is 3.71. The molecule has 14 heavy (non-hydrogen) atoms. The summed E-state index contributed by atoms with van der Waals surface area (Å²) >= 11 is 0. The molecule has 0 rings (SSSR count). The normalized spacial score (nSPS) is 10.6. The fraction of sp³-hybridized carbons (Fsp3) is 0.900. The Morgan fingerprint density at radius 1 is 1.50 bits per heavy atom. The molecule has 0 spiro atoms.